The molecule has 0 aromatic heterocycles. The van der Waals surface area contributed by atoms with Crippen LogP contribution in [-0.4, -0.2) is 31.9 Å². The third kappa shape index (κ3) is 3.51. The fraction of sp³-hybridized carbons (Fsp3) is 0.316. The van der Waals surface area contributed by atoms with Crippen LogP contribution in [0.25, 0.3) is 0 Å². The number of carbonyl (C=O) groups excluding carboxylic acids is 1. The molecule has 0 saturated carbocycles. The molecule has 26 heavy (non-hydrogen) atoms. The maximum atomic E-state index is 12.3. The van der Waals surface area contributed by atoms with Crippen LogP contribution in [0.3, 0.4) is 0 Å². The second kappa shape index (κ2) is 7.33. The van der Waals surface area contributed by atoms with Crippen LogP contribution >= 0.6 is 11.6 Å². The van der Waals surface area contributed by atoms with Crippen molar-refractivity contribution in [3.8, 4) is 23.0 Å². The minimum Gasteiger partial charge on any atom is -0.489 e. The molecule has 0 saturated heterocycles. The van der Waals surface area contributed by atoms with E-state index in [1.54, 1.807) is 24.3 Å². The van der Waals surface area contributed by atoms with E-state index in [1.165, 1.54) is 0 Å². The number of rotatable bonds is 3. The van der Waals surface area contributed by atoms with Crippen LogP contribution < -0.4 is 18.9 Å². The normalized spacial score (nSPS) is 18.0. The van der Waals surface area contributed by atoms with E-state index in [4.69, 9.17) is 35.3 Å². The van der Waals surface area contributed by atoms with E-state index in [2.05, 4.69) is 0 Å². The quantitative estimate of drug-likeness (QED) is 0.765. The molecule has 2 aromatic rings. The predicted molar refractivity (Wildman–Crippen MR) is 93.2 cm³/mol. The summed E-state index contributed by atoms with van der Waals surface area (Å²) in [4.78, 5) is 12.3. The SMILES string of the molecule is O=C(OCc1cc(Cl)c2c(c1)OCCCO2)[C@H]1COc2ccccc2O1. The maximum absolute atomic E-state index is 12.3. The van der Waals surface area contributed by atoms with E-state index in [0.29, 0.717) is 46.8 Å². The molecule has 0 bridgehead atoms. The fourth-order valence-electron chi connectivity index (χ4n) is 2.75. The molecule has 2 aromatic carbocycles. The van der Waals surface area contributed by atoms with Crippen LogP contribution in [0.15, 0.2) is 36.4 Å². The molecule has 2 aliphatic heterocycles. The van der Waals surface area contributed by atoms with Gasteiger partial charge in [-0.2, -0.15) is 0 Å². The van der Waals surface area contributed by atoms with Gasteiger partial charge in [0.25, 0.3) is 0 Å². The van der Waals surface area contributed by atoms with Gasteiger partial charge in [-0.3, -0.25) is 0 Å². The Balaban J connectivity index is 1.41. The first-order valence-electron chi connectivity index (χ1n) is 8.34. The lowest BCUT2D eigenvalue weighted by molar-refractivity contribution is -0.155. The van der Waals surface area contributed by atoms with Gasteiger partial charge in [-0.1, -0.05) is 23.7 Å². The first-order valence-corrected chi connectivity index (χ1v) is 8.71. The minimum absolute atomic E-state index is 0.0523. The number of hydrogen-bond acceptors (Lipinski definition) is 6. The van der Waals surface area contributed by atoms with Crippen molar-refractivity contribution in [1.29, 1.82) is 0 Å². The number of ether oxygens (including phenoxy) is 5. The summed E-state index contributed by atoms with van der Waals surface area (Å²) in [6.07, 6.45) is -0.0173. The van der Waals surface area contributed by atoms with Crippen LogP contribution in [0, 0.1) is 0 Å². The summed E-state index contributed by atoms with van der Waals surface area (Å²) in [6, 6.07) is 10.7. The highest BCUT2D eigenvalue weighted by atomic mass is 35.5. The van der Waals surface area contributed by atoms with Crippen molar-refractivity contribution in [3.63, 3.8) is 0 Å². The van der Waals surface area contributed by atoms with Crippen molar-refractivity contribution < 1.29 is 28.5 Å². The molecule has 0 unspecified atom stereocenters. The highest BCUT2D eigenvalue weighted by Crippen LogP contribution is 2.38. The molecular weight excluding hydrogens is 360 g/mol. The Labute approximate surface area is 155 Å². The molecule has 4 rings (SSSR count). The van der Waals surface area contributed by atoms with Crippen molar-refractivity contribution in [2.24, 2.45) is 0 Å². The Morgan fingerprint density at radius 3 is 2.77 bits per heavy atom. The largest absolute Gasteiger partial charge is 0.489 e. The number of para-hydroxylation sites is 2. The van der Waals surface area contributed by atoms with E-state index in [0.717, 1.165) is 6.42 Å². The van der Waals surface area contributed by atoms with Crippen LogP contribution in [0.5, 0.6) is 23.0 Å². The Hall–Kier alpha value is -2.60. The summed E-state index contributed by atoms with van der Waals surface area (Å²) >= 11 is 6.25. The number of benzene rings is 2. The van der Waals surface area contributed by atoms with Crippen LogP contribution in [0.1, 0.15) is 12.0 Å². The molecule has 0 fully saturated rings. The molecular formula is C19H17ClO6. The van der Waals surface area contributed by atoms with Crippen molar-refractivity contribution >= 4 is 17.6 Å². The highest BCUT2D eigenvalue weighted by Gasteiger charge is 2.28. The van der Waals surface area contributed by atoms with Gasteiger partial charge < -0.3 is 23.7 Å². The van der Waals surface area contributed by atoms with Crippen molar-refractivity contribution in [2.45, 2.75) is 19.1 Å². The van der Waals surface area contributed by atoms with E-state index in [-0.39, 0.29) is 13.2 Å². The van der Waals surface area contributed by atoms with E-state index < -0.39 is 12.1 Å². The zero-order valence-electron chi connectivity index (χ0n) is 13.9. The first-order chi connectivity index (χ1) is 12.7. The number of carbonyl (C=O) groups is 1. The topological polar surface area (TPSA) is 63.2 Å². The van der Waals surface area contributed by atoms with Crippen LogP contribution in [0.2, 0.25) is 5.02 Å². The second-order valence-corrected chi connectivity index (χ2v) is 6.33. The average molecular weight is 377 g/mol. The van der Waals surface area contributed by atoms with E-state index in [9.17, 15) is 4.79 Å². The molecule has 2 heterocycles. The molecule has 0 N–H and O–H groups in total. The average Bonchev–Trinajstić information content (AvgIpc) is 2.91. The smallest absolute Gasteiger partial charge is 0.351 e. The van der Waals surface area contributed by atoms with Gasteiger partial charge in [0.2, 0.25) is 6.10 Å². The molecule has 7 heteroatoms. The van der Waals surface area contributed by atoms with Gasteiger partial charge in [0, 0.05) is 6.42 Å². The number of hydrogen-bond donors (Lipinski definition) is 0. The summed E-state index contributed by atoms with van der Waals surface area (Å²) < 4.78 is 27.8. The highest BCUT2D eigenvalue weighted by molar-refractivity contribution is 6.32. The molecule has 0 radical (unpaired) electrons. The lowest BCUT2D eigenvalue weighted by Gasteiger charge is -2.25. The second-order valence-electron chi connectivity index (χ2n) is 5.93. The van der Waals surface area contributed by atoms with Crippen molar-refractivity contribution in [2.75, 3.05) is 19.8 Å². The van der Waals surface area contributed by atoms with Gasteiger partial charge in [-0.05, 0) is 29.8 Å². The van der Waals surface area contributed by atoms with Crippen molar-refractivity contribution in [1.82, 2.24) is 0 Å². The lowest BCUT2D eigenvalue weighted by Crippen LogP contribution is -2.37. The monoisotopic (exact) mass is 376 g/mol. The van der Waals surface area contributed by atoms with Gasteiger partial charge in [-0.15, -0.1) is 0 Å². The summed E-state index contributed by atoms with van der Waals surface area (Å²) in [7, 11) is 0. The summed E-state index contributed by atoms with van der Waals surface area (Å²) in [5, 5.41) is 0.432. The minimum atomic E-state index is -0.805. The fourth-order valence-corrected chi connectivity index (χ4v) is 3.04. The Kier molecular flexibility index (Phi) is 4.75. The molecule has 136 valence electrons. The lowest BCUT2D eigenvalue weighted by atomic mass is 10.2. The Morgan fingerprint density at radius 2 is 1.88 bits per heavy atom. The Morgan fingerprint density at radius 1 is 1.08 bits per heavy atom. The summed E-state index contributed by atoms with van der Waals surface area (Å²) in [5.41, 5.74) is 0.713. The molecule has 1 atom stereocenters. The molecule has 2 aliphatic rings. The van der Waals surface area contributed by atoms with Crippen LogP contribution in [-0.2, 0) is 16.1 Å². The third-order valence-electron chi connectivity index (χ3n) is 4.01. The Bertz CT molecular complexity index is 822. The zero-order valence-corrected chi connectivity index (χ0v) is 14.7. The predicted octanol–water partition coefficient (Wildman–Crippen LogP) is 3.38. The van der Waals surface area contributed by atoms with Gasteiger partial charge >= 0.3 is 5.97 Å². The standard InChI is InChI=1S/C19H17ClO6/c20-13-8-12(9-16-18(13)23-7-3-6-22-16)10-25-19(21)17-11-24-14-4-1-2-5-15(14)26-17/h1-2,4-5,8-9,17H,3,6-7,10-11H2/t17-/m1/s1. The van der Waals surface area contributed by atoms with Crippen molar-refractivity contribution in [3.05, 3.63) is 47.0 Å². The molecule has 6 nitrogen and oxygen atoms in total. The molecule has 0 amide bonds. The maximum Gasteiger partial charge on any atom is 0.351 e. The van der Waals surface area contributed by atoms with E-state index in [1.807, 2.05) is 12.1 Å². The van der Waals surface area contributed by atoms with E-state index >= 15 is 0 Å². The number of esters is 1. The number of fused-ring (bicyclic) bond motifs is 2. The van der Waals surface area contributed by atoms with Gasteiger partial charge in [0.05, 0.1) is 18.2 Å². The summed E-state index contributed by atoms with van der Waals surface area (Å²) in [5.74, 6) is 1.74. The third-order valence-corrected chi connectivity index (χ3v) is 4.30. The number of halogens is 1. The molecule has 0 aliphatic carbocycles. The first kappa shape index (κ1) is 16.8. The summed E-state index contributed by atoms with van der Waals surface area (Å²) in [6.45, 7) is 1.27. The van der Waals surface area contributed by atoms with Gasteiger partial charge in [-0.25, -0.2) is 4.79 Å². The van der Waals surface area contributed by atoms with Crippen LogP contribution in [0.4, 0.5) is 0 Å². The van der Waals surface area contributed by atoms with Gasteiger partial charge in [0.15, 0.2) is 23.0 Å². The molecule has 0 spiro atoms. The van der Waals surface area contributed by atoms with Gasteiger partial charge in [0.1, 0.15) is 13.2 Å². The zero-order chi connectivity index (χ0) is 17.9.